The number of nitrogens with zero attached hydrogens (tertiary/aromatic N) is 1. The molecule has 1 saturated heterocycles. The van der Waals surface area contributed by atoms with Gasteiger partial charge in [-0.15, -0.1) is 0 Å². The maximum atomic E-state index is 12.7. The number of carboxylic acid groups (broad SMARTS) is 1. The van der Waals surface area contributed by atoms with Gasteiger partial charge in [0.25, 0.3) is 11.1 Å². The first-order valence-electron chi connectivity index (χ1n) is 9.52. The second-order valence-corrected chi connectivity index (χ2v) is 9.05. The molecule has 1 aliphatic heterocycles. The number of amides is 3. The van der Waals surface area contributed by atoms with Crippen molar-refractivity contribution in [2.75, 3.05) is 25.6 Å². The molecule has 11 heteroatoms. The lowest BCUT2D eigenvalue weighted by Crippen LogP contribution is -2.36. The molecular weight excluding hydrogens is 563 g/mol. The molecule has 3 amide bonds. The molecule has 2 aromatic carbocycles. The second-order valence-electron chi connectivity index (χ2n) is 6.90. The van der Waals surface area contributed by atoms with E-state index >= 15 is 0 Å². The summed E-state index contributed by atoms with van der Waals surface area (Å²) in [7, 11) is 1.41. The van der Waals surface area contributed by atoms with Gasteiger partial charge in [0.15, 0.2) is 18.1 Å². The number of hydrogen-bond donors (Lipinski definition) is 2. The van der Waals surface area contributed by atoms with Gasteiger partial charge in [0, 0.05) is 5.69 Å². The Morgan fingerprint density at radius 2 is 1.91 bits per heavy atom. The number of ether oxygens (including phenoxy) is 2. The molecule has 0 unspecified atom stereocenters. The SMILES string of the molecule is COc1cc(/C=C2/SC(=O)N(CC(=O)Nc3ccc(C)cc3)C2=O)cc(I)c1OCC(=O)O. The minimum absolute atomic E-state index is 0.153. The average Bonchev–Trinajstić information content (AvgIpc) is 3.01. The minimum atomic E-state index is -1.13. The number of aryl methyl sites for hydroxylation is 1. The largest absolute Gasteiger partial charge is 0.493 e. The van der Waals surface area contributed by atoms with E-state index in [9.17, 15) is 19.2 Å². The Bertz CT molecular complexity index is 1150. The molecule has 0 atom stereocenters. The van der Waals surface area contributed by atoms with Crippen LogP contribution >= 0.6 is 34.4 Å². The fourth-order valence-corrected chi connectivity index (χ4v) is 4.49. The molecule has 1 fully saturated rings. The second kappa shape index (κ2) is 10.7. The molecule has 3 rings (SSSR count). The summed E-state index contributed by atoms with van der Waals surface area (Å²) in [6.45, 7) is 0.986. The number of aliphatic carboxylic acids is 1. The first-order valence-corrected chi connectivity index (χ1v) is 11.4. The van der Waals surface area contributed by atoms with E-state index in [2.05, 4.69) is 5.32 Å². The molecule has 0 bridgehead atoms. The van der Waals surface area contributed by atoms with Gasteiger partial charge in [0.05, 0.1) is 15.6 Å². The van der Waals surface area contributed by atoms with Crippen LogP contribution < -0.4 is 14.8 Å². The summed E-state index contributed by atoms with van der Waals surface area (Å²) in [5, 5.41) is 10.9. The molecular formula is C22H19IN2O7S. The third-order valence-electron chi connectivity index (χ3n) is 4.40. The Hall–Kier alpha value is -3.06. The van der Waals surface area contributed by atoms with Crippen LogP contribution in [0.3, 0.4) is 0 Å². The number of imide groups is 1. The Morgan fingerprint density at radius 3 is 2.55 bits per heavy atom. The first kappa shape index (κ1) is 24.6. The molecule has 172 valence electrons. The number of rotatable bonds is 8. The molecule has 1 heterocycles. The first-order chi connectivity index (χ1) is 15.7. The van der Waals surface area contributed by atoms with Gasteiger partial charge in [0.2, 0.25) is 5.91 Å². The fourth-order valence-electron chi connectivity index (χ4n) is 2.87. The molecule has 2 aromatic rings. The average molecular weight is 582 g/mol. The quantitative estimate of drug-likeness (QED) is 0.357. The standard InChI is InChI=1S/C22H19IN2O7S/c1-12-3-5-14(6-4-12)24-18(26)10-25-21(29)17(33-22(25)30)9-13-7-15(23)20(16(8-13)31-2)32-11-19(27)28/h3-9H,10-11H2,1-2H3,(H,24,26)(H,27,28)/b17-9+. The van der Waals surface area contributed by atoms with Crippen LogP contribution in [-0.2, 0) is 14.4 Å². The van der Waals surface area contributed by atoms with Crippen molar-refractivity contribution >= 4 is 69.1 Å². The van der Waals surface area contributed by atoms with E-state index in [-0.39, 0.29) is 16.4 Å². The number of methoxy groups -OCH3 is 1. The van der Waals surface area contributed by atoms with E-state index in [1.165, 1.54) is 13.2 Å². The lowest BCUT2D eigenvalue weighted by atomic mass is 10.2. The highest BCUT2D eigenvalue weighted by Gasteiger charge is 2.36. The van der Waals surface area contributed by atoms with E-state index < -0.39 is 36.2 Å². The zero-order valence-electron chi connectivity index (χ0n) is 17.6. The molecule has 33 heavy (non-hydrogen) atoms. The van der Waals surface area contributed by atoms with Crippen molar-refractivity contribution in [2.45, 2.75) is 6.92 Å². The highest BCUT2D eigenvalue weighted by molar-refractivity contribution is 14.1. The lowest BCUT2D eigenvalue weighted by Gasteiger charge is -2.13. The van der Waals surface area contributed by atoms with Crippen molar-refractivity contribution in [1.29, 1.82) is 0 Å². The van der Waals surface area contributed by atoms with E-state index in [1.54, 1.807) is 24.3 Å². The molecule has 0 spiro atoms. The summed E-state index contributed by atoms with van der Waals surface area (Å²) in [6.07, 6.45) is 1.51. The molecule has 1 aliphatic rings. The third-order valence-corrected chi connectivity index (χ3v) is 6.11. The van der Waals surface area contributed by atoms with Crippen LogP contribution in [0.25, 0.3) is 6.08 Å². The maximum Gasteiger partial charge on any atom is 0.341 e. The monoisotopic (exact) mass is 582 g/mol. The number of carbonyl (C=O) groups is 4. The predicted octanol–water partition coefficient (Wildman–Crippen LogP) is 3.75. The summed E-state index contributed by atoms with van der Waals surface area (Å²) < 4.78 is 11.1. The van der Waals surface area contributed by atoms with Gasteiger partial charge in [-0.3, -0.25) is 19.3 Å². The van der Waals surface area contributed by atoms with Crippen LogP contribution in [-0.4, -0.2) is 53.3 Å². The Kier molecular flexibility index (Phi) is 7.97. The number of thioether (sulfide) groups is 1. The van der Waals surface area contributed by atoms with Crippen LogP contribution in [0.15, 0.2) is 41.3 Å². The zero-order chi connectivity index (χ0) is 24.1. The van der Waals surface area contributed by atoms with Gasteiger partial charge in [-0.2, -0.15) is 0 Å². The van der Waals surface area contributed by atoms with Crippen molar-refractivity contribution < 1.29 is 33.8 Å². The van der Waals surface area contributed by atoms with Crippen LogP contribution in [0.2, 0.25) is 0 Å². The van der Waals surface area contributed by atoms with Crippen molar-refractivity contribution in [3.8, 4) is 11.5 Å². The van der Waals surface area contributed by atoms with E-state index in [4.69, 9.17) is 14.6 Å². The van der Waals surface area contributed by atoms with Crippen molar-refractivity contribution in [1.82, 2.24) is 4.90 Å². The summed E-state index contributed by atoms with van der Waals surface area (Å²) in [5.41, 5.74) is 2.16. The molecule has 0 saturated carbocycles. The van der Waals surface area contributed by atoms with Gasteiger partial charge in [-0.05, 0) is 77.2 Å². The molecule has 0 aliphatic carbocycles. The van der Waals surface area contributed by atoms with Gasteiger partial charge in [-0.1, -0.05) is 17.7 Å². The number of carboxylic acids is 1. The normalized spacial score (nSPS) is 14.5. The van der Waals surface area contributed by atoms with Crippen molar-refractivity contribution in [3.05, 3.63) is 56.0 Å². The van der Waals surface area contributed by atoms with Gasteiger partial charge in [-0.25, -0.2) is 4.79 Å². The number of hydrogen-bond acceptors (Lipinski definition) is 7. The highest BCUT2D eigenvalue weighted by Crippen LogP contribution is 2.37. The number of anilines is 1. The molecule has 2 N–H and O–H groups in total. The summed E-state index contributed by atoms with van der Waals surface area (Å²) in [6, 6.07) is 10.4. The minimum Gasteiger partial charge on any atom is -0.493 e. The summed E-state index contributed by atoms with van der Waals surface area (Å²) in [5.74, 6) is -1.65. The number of nitrogens with one attached hydrogen (secondary N) is 1. The van der Waals surface area contributed by atoms with E-state index in [1.807, 2.05) is 41.6 Å². The maximum absolute atomic E-state index is 12.7. The fraction of sp³-hybridized carbons (Fsp3) is 0.182. The van der Waals surface area contributed by atoms with Gasteiger partial charge >= 0.3 is 5.97 Å². The number of halogens is 1. The van der Waals surface area contributed by atoms with Crippen LogP contribution in [0.4, 0.5) is 10.5 Å². The van der Waals surface area contributed by atoms with Crippen LogP contribution in [0.1, 0.15) is 11.1 Å². The van der Waals surface area contributed by atoms with E-state index in [0.717, 1.165) is 22.2 Å². The van der Waals surface area contributed by atoms with Crippen molar-refractivity contribution in [2.24, 2.45) is 0 Å². The van der Waals surface area contributed by atoms with Gasteiger partial charge in [0.1, 0.15) is 6.54 Å². The topological polar surface area (TPSA) is 122 Å². The summed E-state index contributed by atoms with van der Waals surface area (Å²) >= 11 is 2.69. The molecule has 0 aromatic heterocycles. The van der Waals surface area contributed by atoms with E-state index in [0.29, 0.717) is 14.8 Å². The summed E-state index contributed by atoms with van der Waals surface area (Å²) in [4.78, 5) is 49.3. The zero-order valence-corrected chi connectivity index (χ0v) is 20.6. The Balaban J connectivity index is 1.74. The van der Waals surface area contributed by atoms with Crippen LogP contribution in [0, 0.1) is 10.5 Å². The highest BCUT2D eigenvalue weighted by atomic mass is 127. The van der Waals surface area contributed by atoms with Gasteiger partial charge < -0.3 is 19.9 Å². The predicted molar refractivity (Wildman–Crippen MR) is 131 cm³/mol. The lowest BCUT2D eigenvalue weighted by molar-refractivity contribution is -0.139. The Morgan fingerprint density at radius 1 is 1.21 bits per heavy atom. The smallest absolute Gasteiger partial charge is 0.341 e. The molecule has 0 radical (unpaired) electrons. The molecule has 9 nitrogen and oxygen atoms in total. The van der Waals surface area contributed by atoms with Crippen molar-refractivity contribution in [3.63, 3.8) is 0 Å². The Labute approximate surface area is 207 Å². The van der Waals surface area contributed by atoms with Crippen LogP contribution in [0.5, 0.6) is 11.5 Å². The number of carbonyl (C=O) groups excluding carboxylic acids is 3. The number of benzene rings is 2. The third kappa shape index (κ3) is 6.26.